The van der Waals surface area contributed by atoms with Crippen molar-refractivity contribution in [1.29, 1.82) is 5.26 Å². The molecule has 0 N–H and O–H groups in total. The number of pyridine rings is 1. The summed E-state index contributed by atoms with van der Waals surface area (Å²) in [6, 6.07) is 14.6. The number of fused-ring (bicyclic) bond motifs is 3. The molecule has 4 aromatic rings. The van der Waals surface area contributed by atoms with Gasteiger partial charge in [0.25, 0.3) is 0 Å². The third kappa shape index (κ3) is 2.95. The number of benzene rings is 2. The van der Waals surface area contributed by atoms with Crippen molar-refractivity contribution in [1.82, 2.24) is 4.98 Å². The Bertz CT molecular complexity index is 1290. The molecule has 0 amide bonds. The molecule has 26 heavy (non-hydrogen) atoms. The summed E-state index contributed by atoms with van der Waals surface area (Å²) in [6.45, 7) is 5.61. The lowest BCUT2D eigenvalue weighted by atomic mass is 9.88. The van der Waals surface area contributed by atoms with E-state index in [2.05, 4.69) is 4.98 Å². The van der Waals surface area contributed by atoms with Gasteiger partial charge in [0.2, 0.25) is 0 Å². The van der Waals surface area contributed by atoms with Crippen LogP contribution in [-0.4, -0.2) is 4.98 Å². The van der Waals surface area contributed by atoms with Gasteiger partial charge < -0.3 is 4.42 Å². The minimum Gasteiger partial charge on any atom is -0.455 e. The van der Waals surface area contributed by atoms with E-state index in [1.54, 1.807) is 30.5 Å². The molecule has 0 bridgehead atoms. The Morgan fingerprint density at radius 2 is 2.04 bits per heavy atom. The van der Waals surface area contributed by atoms with Gasteiger partial charge in [-0.25, -0.2) is 0 Å². The Morgan fingerprint density at radius 1 is 1.19 bits per heavy atom. The summed E-state index contributed by atoms with van der Waals surface area (Å²) in [5.41, 5.74) is 2.51. The minimum atomic E-state index is -1.54. The highest BCUT2D eigenvalue weighted by Crippen LogP contribution is 2.35. The van der Waals surface area contributed by atoms with Gasteiger partial charge in [0.1, 0.15) is 11.2 Å². The summed E-state index contributed by atoms with van der Waals surface area (Å²) in [5, 5.41) is 10.8. The van der Waals surface area contributed by atoms with E-state index >= 15 is 0 Å². The summed E-state index contributed by atoms with van der Waals surface area (Å²) >= 11 is 0. The molecule has 0 radical (unpaired) electrons. The topological polar surface area (TPSA) is 49.8 Å². The van der Waals surface area contributed by atoms with E-state index in [4.69, 9.17) is 8.53 Å². The van der Waals surface area contributed by atoms with Crippen LogP contribution in [0.4, 0.5) is 0 Å². The van der Waals surface area contributed by atoms with Crippen molar-refractivity contribution in [3.05, 3.63) is 65.8 Å². The first kappa shape index (κ1) is 13.1. The number of aromatic nitrogens is 1. The van der Waals surface area contributed by atoms with Gasteiger partial charge in [-0.15, -0.1) is 0 Å². The van der Waals surface area contributed by atoms with Crippen molar-refractivity contribution in [2.45, 2.75) is 27.1 Å². The molecular weight excluding hydrogens is 320 g/mol. The van der Waals surface area contributed by atoms with E-state index < -0.39 is 11.8 Å². The molecule has 0 aliphatic rings. The molecule has 0 atom stereocenters. The first-order chi connectivity index (χ1) is 13.6. The maximum Gasteiger partial charge on any atom is 0.144 e. The second kappa shape index (κ2) is 6.00. The second-order valence-electron chi connectivity index (χ2n) is 7.32. The molecule has 0 unspecified atom stereocenters. The van der Waals surface area contributed by atoms with Gasteiger partial charge in [-0.1, -0.05) is 32.9 Å². The summed E-state index contributed by atoms with van der Waals surface area (Å²) < 4.78 is 31.4. The summed E-state index contributed by atoms with van der Waals surface area (Å²) in [5.74, 6) is 0. The highest BCUT2D eigenvalue weighted by Gasteiger charge is 2.15. The smallest absolute Gasteiger partial charge is 0.144 e. The molecule has 2 heterocycles. The molecule has 0 aliphatic heterocycles. The van der Waals surface area contributed by atoms with Gasteiger partial charge in [-0.05, 0) is 53.7 Å². The van der Waals surface area contributed by atoms with Crippen LogP contribution in [0, 0.1) is 16.7 Å². The first-order valence-electron chi connectivity index (χ1n) is 9.97. The number of furan rings is 1. The predicted molar refractivity (Wildman–Crippen MR) is 105 cm³/mol. The fourth-order valence-corrected chi connectivity index (χ4v) is 3.08. The van der Waals surface area contributed by atoms with Gasteiger partial charge in [0, 0.05) is 25.3 Å². The Kier molecular flexibility index (Phi) is 3.03. The number of para-hydroxylation sites is 1. The molecular formula is C23H20N2O. The van der Waals surface area contributed by atoms with Crippen LogP contribution in [0.15, 0.2) is 59.1 Å². The van der Waals surface area contributed by atoms with Crippen molar-refractivity contribution in [2.75, 3.05) is 0 Å². The Labute approximate surface area is 157 Å². The Morgan fingerprint density at radius 3 is 2.81 bits per heavy atom. The zero-order valence-electron chi connectivity index (χ0n) is 17.9. The van der Waals surface area contributed by atoms with Crippen LogP contribution >= 0.6 is 0 Å². The fraction of sp³-hybridized carbons (Fsp3) is 0.217. The van der Waals surface area contributed by atoms with Crippen LogP contribution in [0.1, 0.15) is 36.0 Å². The molecule has 0 saturated heterocycles. The van der Waals surface area contributed by atoms with E-state index in [1.165, 1.54) is 0 Å². The molecule has 2 aromatic heterocycles. The average molecular weight is 343 g/mol. The summed E-state index contributed by atoms with van der Waals surface area (Å²) in [6.07, 6.45) is 0.0714. The molecule has 0 fully saturated rings. The van der Waals surface area contributed by atoms with Crippen LogP contribution in [0.5, 0.6) is 0 Å². The lowest BCUT2D eigenvalue weighted by molar-refractivity contribution is 0.411. The van der Waals surface area contributed by atoms with Crippen LogP contribution in [0.3, 0.4) is 0 Å². The van der Waals surface area contributed by atoms with E-state index in [-0.39, 0.29) is 11.6 Å². The normalized spacial score (nSPS) is 14.0. The summed E-state index contributed by atoms with van der Waals surface area (Å²) in [7, 11) is 0. The largest absolute Gasteiger partial charge is 0.455 e. The lowest BCUT2D eigenvalue weighted by Gasteiger charge is -2.18. The molecule has 0 aliphatic carbocycles. The minimum absolute atomic E-state index is 0.0675. The molecule has 2 aromatic carbocycles. The van der Waals surface area contributed by atoms with Gasteiger partial charge in [-0.3, -0.25) is 4.98 Å². The van der Waals surface area contributed by atoms with Crippen molar-refractivity contribution < 1.29 is 8.53 Å². The third-order valence-electron chi connectivity index (χ3n) is 4.09. The quantitative estimate of drug-likeness (QED) is 0.441. The molecule has 3 heteroatoms. The zero-order valence-corrected chi connectivity index (χ0v) is 14.9. The van der Waals surface area contributed by atoms with E-state index in [9.17, 15) is 5.26 Å². The van der Waals surface area contributed by atoms with Gasteiger partial charge in [0.05, 0.1) is 18.7 Å². The Hall–Kier alpha value is -3.12. The van der Waals surface area contributed by atoms with Gasteiger partial charge in [0.15, 0.2) is 0 Å². The number of hydrogen-bond donors (Lipinski definition) is 0. The van der Waals surface area contributed by atoms with Crippen LogP contribution < -0.4 is 0 Å². The maximum atomic E-state index is 9.20. The monoisotopic (exact) mass is 343 g/mol. The van der Waals surface area contributed by atoms with Gasteiger partial charge in [-0.2, -0.15) is 5.26 Å². The standard InChI is InChI=1S/C23H20N2O/c1-23(2,3)13-15-9-10-25-20(11-15)19-6-4-5-18-17-8-7-16(14-24)12-21(17)26-22(18)19/h4-12H,13H2,1-3H3/i12D,13D2. The Balaban J connectivity index is 1.96. The number of rotatable bonds is 2. The second-order valence-corrected chi connectivity index (χ2v) is 7.32. The van der Waals surface area contributed by atoms with Gasteiger partial charge >= 0.3 is 0 Å². The molecule has 128 valence electrons. The van der Waals surface area contributed by atoms with Crippen LogP contribution in [-0.2, 0) is 6.37 Å². The average Bonchev–Trinajstić information content (AvgIpc) is 3.07. The number of nitrogens with zero attached hydrogens (tertiary/aromatic N) is 2. The van der Waals surface area contributed by atoms with Crippen LogP contribution in [0.25, 0.3) is 33.2 Å². The zero-order chi connectivity index (χ0) is 21.0. The highest BCUT2D eigenvalue weighted by atomic mass is 16.3. The van der Waals surface area contributed by atoms with E-state index in [1.807, 2.05) is 45.0 Å². The molecule has 4 rings (SSSR count). The fourth-order valence-electron chi connectivity index (χ4n) is 3.08. The van der Waals surface area contributed by atoms with E-state index in [0.29, 0.717) is 22.4 Å². The van der Waals surface area contributed by atoms with Crippen molar-refractivity contribution >= 4 is 21.9 Å². The molecule has 0 spiro atoms. The molecule has 3 nitrogen and oxygen atoms in total. The van der Waals surface area contributed by atoms with Crippen LogP contribution in [0.2, 0.25) is 0 Å². The highest BCUT2D eigenvalue weighted by molar-refractivity contribution is 6.09. The number of nitriles is 1. The lowest BCUT2D eigenvalue weighted by Crippen LogP contribution is -2.09. The first-order valence-corrected chi connectivity index (χ1v) is 8.47. The van der Waals surface area contributed by atoms with Crippen molar-refractivity contribution in [3.8, 4) is 17.3 Å². The predicted octanol–water partition coefficient (Wildman–Crippen LogP) is 6.11. The number of hydrogen-bond acceptors (Lipinski definition) is 3. The maximum absolute atomic E-state index is 9.20. The SMILES string of the molecule is [2H]c1c(C#N)ccc2c1oc1c(-c3cc(C([2H])([2H])C(C)(C)C)ccn3)cccc12. The van der Waals surface area contributed by atoms with E-state index in [0.717, 1.165) is 16.3 Å². The summed E-state index contributed by atoms with van der Waals surface area (Å²) in [4.78, 5) is 4.46. The van der Waals surface area contributed by atoms with Crippen molar-refractivity contribution in [3.63, 3.8) is 0 Å². The third-order valence-corrected chi connectivity index (χ3v) is 4.09. The van der Waals surface area contributed by atoms with Crippen molar-refractivity contribution in [2.24, 2.45) is 5.41 Å². The molecule has 0 saturated carbocycles.